The molecule has 2 unspecified atom stereocenters. The molecule has 0 amide bonds. The van der Waals surface area contributed by atoms with Crippen molar-refractivity contribution in [1.29, 1.82) is 0 Å². The van der Waals surface area contributed by atoms with Crippen molar-refractivity contribution in [2.24, 2.45) is 5.73 Å². The van der Waals surface area contributed by atoms with Gasteiger partial charge in [0.15, 0.2) is 0 Å². The van der Waals surface area contributed by atoms with Crippen LogP contribution < -0.4 is 5.73 Å². The van der Waals surface area contributed by atoms with Gasteiger partial charge in [0.2, 0.25) is 0 Å². The number of aliphatic hydroxyl groups is 1. The molecule has 0 saturated heterocycles. The predicted octanol–water partition coefficient (Wildman–Crippen LogP) is 4.67. The van der Waals surface area contributed by atoms with E-state index in [0.29, 0.717) is 15.6 Å². The summed E-state index contributed by atoms with van der Waals surface area (Å²) in [7, 11) is 0. The zero-order valence-corrected chi connectivity index (χ0v) is 14.0. The first-order chi connectivity index (χ1) is 9.95. The molecule has 2 rings (SSSR count). The molecule has 0 heterocycles. The van der Waals surface area contributed by atoms with Gasteiger partial charge in [0.05, 0.1) is 10.6 Å². The maximum Gasteiger partial charge on any atom is 0.143 e. The van der Waals surface area contributed by atoms with Crippen molar-refractivity contribution in [1.82, 2.24) is 0 Å². The Morgan fingerprint density at radius 2 is 1.90 bits per heavy atom. The van der Waals surface area contributed by atoms with Gasteiger partial charge in [0, 0.05) is 28.1 Å². The van der Waals surface area contributed by atoms with Crippen molar-refractivity contribution in [2.45, 2.75) is 12.0 Å². The molecule has 2 nitrogen and oxygen atoms in total. The molecule has 0 aliphatic rings. The fourth-order valence-corrected chi connectivity index (χ4v) is 3.12. The van der Waals surface area contributed by atoms with Crippen LogP contribution in [0.5, 0.6) is 0 Å². The molecule has 0 radical (unpaired) electrons. The summed E-state index contributed by atoms with van der Waals surface area (Å²) in [6.07, 6.45) is -1.11. The van der Waals surface area contributed by atoms with Gasteiger partial charge < -0.3 is 10.8 Å². The van der Waals surface area contributed by atoms with Crippen LogP contribution in [-0.2, 0) is 0 Å². The first-order valence-corrected chi connectivity index (χ1v) is 7.77. The lowest BCUT2D eigenvalue weighted by Gasteiger charge is -2.24. The van der Waals surface area contributed by atoms with Crippen molar-refractivity contribution >= 4 is 39.1 Å². The van der Waals surface area contributed by atoms with Crippen LogP contribution in [-0.4, -0.2) is 11.7 Å². The van der Waals surface area contributed by atoms with Crippen LogP contribution in [0.1, 0.15) is 23.1 Å². The highest BCUT2D eigenvalue weighted by Crippen LogP contribution is 2.37. The molecular formula is C15H13BrCl2FNO. The molecule has 0 bridgehead atoms. The molecule has 0 saturated carbocycles. The van der Waals surface area contributed by atoms with E-state index in [-0.39, 0.29) is 16.6 Å². The van der Waals surface area contributed by atoms with Crippen LogP contribution in [0.3, 0.4) is 0 Å². The fraction of sp³-hybridized carbons (Fsp3) is 0.200. The fourth-order valence-electron chi connectivity index (χ4n) is 2.19. The van der Waals surface area contributed by atoms with Crippen LogP contribution >= 0.6 is 39.1 Å². The molecular weight excluding hydrogens is 380 g/mol. The lowest BCUT2D eigenvalue weighted by molar-refractivity contribution is 0.143. The van der Waals surface area contributed by atoms with Crippen LogP contribution in [0.2, 0.25) is 10.0 Å². The molecule has 2 aromatic rings. The van der Waals surface area contributed by atoms with E-state index in [1.54, 1.807) is 30.3 Å². The topological polar surface area (TPSA) is 46.2 Å². The van der Waals surface area contributed by atoms with Gasteiger partial charge in [-0.25, -0.2) is 4.39 Å². The van der Waals surface area contributed by atoms with E-state index >= 15 is 0 Å². The maximum atomic E-state index is 14.1. The van der Waals surface area contributed by atoms with Gasteiger partial charge in [0.25, 0.3) is 0 Å². The average molecular weight is 393 g/mol. The van der Waals surface area contributed by atoms with E-state index in [4.69, 9.17) is 28.9 Å². The lowest BCUT2D eigenvalue weighted by atomic mass is 9.89. The van der Waals surface area contributed by atoms with Crippen LogP contribution in [0, 0.1) is 5.82 Å². The first kappa shape index (κ1) is 16.7. The van der Waals surface area contributed by atoms with Gasteiger partial charge in [0.1, 0.15) is 5.82 Å². The summed E-state index contributed by atoms with van der Waals surface area (Å²) in [5, 5.41) is 11.4. The first-order valence-electron chi connectivity index (χ1n) is 6.22. The predicted molar refractivity (Wildman–Crippen MR) is 87.3 cm³/mol. The Labute approximate surface area is 140 Å². The Balaban J connectivity index is 2.43. The maximum absolute atomic E-state index is 14.1. The molecule has 0 spiro atoms. The highest BCUT2D eigenvalue weighted by atomic mass is 79.9. The number of halogens is 4. The largest absolute Gasteiger partial charge is 0.388 e. The monoisotopic (exact) mass is 391 g/mol. The minimum absolute atomic E-state index is 0.120. The molecule has 3 N–H and O–H groups in total. The standard InChI is InChI=1S/C15H13BrCl2FNO/c16-12-3-1-2-10(14(12)19)15(21)11(7-20)9-5-4-8(17)6-13(9)18/h1-6,11,15,21H,7,20H2. The number of hydrogen-bond donors (Lipinski definition) is 2. The average Bonchev–Trinajstić information content (AvgIpc) is 2.44. The van der Waals surface area contributed by atoms with Crippen molar-refractivity contribution < 1.29 is 9.50 Å². The number of rotatable bonds is 4. The molecule has 6 heteroatoms. The summed E-state index contributed by atoms with van der Waals surface area (Å²) in [6.45, 7) is 0.120. The second-order valence-corrected chi connectivity index (χ2v) is 6.29. The van der Waals surface area contributed by atoms with E-state index in [1.807, 2.05) is 0 Å². The molecule has 0 aliphatic carbocycles. The van der Waals surface area contributed by atoms with Gasteiger partial charge in [-0.2, -0.15) is 0 Å². The summed E-state index contributed by atoms with van der Waals surface area (Å²) in [5.74, 6) is -1.04. The Morgan fingerprint density at radius 3 is 2.52 bits per heavy atom. The molecule has 0 aliphatic heterocycles. The molecule has 0 fully saturated rings. The van der Waals surface area contributed by atoms with E-state index in [9.17, 15) is 9.50 Å². The van der Waals surface area contributed by atoms with E-state index < -0.39 is 17.8 Å². The van der Waals surface area contributed by atoms with Gasteiger partial charge in [-0.1, -0.05) is 41.4 Å². The Hall–Kier alpha value is -0.650. The van der Waals surface area contributed by atoms with E-state index in [2.05, 4.69) is 15.9 Å². The molecule has 2 aromatic carbocycles. The second-order valence-electron chi connectivity index (χ2n) is 4.60. The smallest absolute Gasteiger partial charge is 0.143 e. The summed E-state index contributed by atoms with van der Waals surface area (Å²) >= 11 is 15.1. The Morgan fingerprint density at radius 1 is 1.19 bits per heavy atom. The zero-order chi connectivity index (χ0) is 15.6. The van der Waals surface area contributed by atoms with Crippen LogP contribution in [0.4, 0.5) is 4.39 Å². The normalized spacial score (nSPS) is 14.0. The van der Waals surface area contributed by atoms with Crippen molar-refractivity contribution in [3.8, 4) is 0 Å². The van der Waals surface area contributed by atoms with Gasteiger partial charge in [-0.3, -0.25) is 0 Å². The minimum atomic E-state index is -1.11. The number of nitrogens with two attached hydrogens (primary N) is 1. The summed E-state index contributed by atoms with van der Waals surface area (Å²) < 4.78 is 14.4. The Kier molecular flexibility index (Phi) is 5.63. The van der Waals surface area contributed by atoms with Crippen molar-refractivity contribution in [2.75, 3.05) is 6.54 Å². The van der Waals surface area contributed by atoms with Crippen molar-refractivity contribution in [3.05, 3.63) is 67.9 Å². The van der Waals surface area contributed by atoms with Crippen LogP contribution in [0.15, 0.2) is 40.9 Å². The zero-order valence-electron chi connectivity index (χ0n) is 10.9. The minimum Gasteiger partial charge on any atom is -0.388 e. The number of aliphatic hydroxyl groups excluding tert-OH is 1. The SMILES string of the molecule is NCC(c1ccc(Cl)cc1Cl)C(O)c1cccc(Br)c1F. The highest BCUT2D eigenvalue weighted by molar-refractivity contribution is 9.10. The quantitative estimate of drug-likeness (QED) is 0.793. The molecule has 2 atom stereocenters. The summed E-state index contributed by atoms with van der Waals surface area (Å²) in [4.78, 5) is 0. The third-order valence-corrected chi connectivity index (χ3v) is 4.47. The Bertz CT molecular complexity index is 654. The van der Waals surface area contributed by atoms with E-state index in [1.165, 1.54) is 6.07 Å². The summed E-state index contributed by atoms with van der Waals surface area (Å²) in [6, 6.07) is 9.68. The van der Waals surface area contributed by atoms with Gasteiger partial charge in [-0.15, -0.1) is 0 Å². The second kappa shape index (κ2) is 7.07. The molecule has 112 valence electrons. The lowest BCUT2D eigenvalue weighted by Crippen LogP contribution is -2.21. The van der Waals surface area contributed by atoms with E-state index in [0.717, 1.165) is 0 Å². The van der Waals surface area contributed by atoms with Gasteiger partial charge >= 0.3 is 0 Å². The number of hydrogen-bond acceptors (Lipinski definition) is 2. The highest BCUT2D eigenvalue weighted by Gasteiger charge is 2.26. The summed E-state index contributed by atoms with van der Waals surface area (Å²) in [5.41, 5.74) is 6.56. The molecule has 21 heavy (non-hydrogen) atoms. The third-order valence-electron chi connectivity index (χ3n) is 3.30. The third kappa shape index (κ3) is 3.58. The number of benzene rings is 2. The van der Waals surface area contributed by atoms with Crippen LogP contribution in [0.25, 0.3) is 0 Å². The van der Waals surface area contributed by atoms with Crippen molar-refractivity contribution in [3.63, 3.8) is 0 Å². The van der Waals surface area contributed by atoms with Gasteiger partial charge in [-0.05, 0) is 39.7 Å². The molecule has 0 aromatic heterocycles.